The minimum Gasteiger partial charge on any atom is -0.365 e. The zero-order valence-corrected chi connectivity index (χ0v) is 8.43. The summed E-state index contributed by atoms with van der Waals surface area (Å²) in [5.41, 5.74) is 1.77. The summed E-state index contributed by atoms with van der Waals surface area (Å²) >= 11 is 0. The standard InChI is InChI=1S/C11H18N2/c1-11(10-4-3-7-13-10)6-5-9(8-11)12-2/h3-4,7,9,12-13H,5-6,8H2,1-2H3. The fourth-order valence-corrected chi connectivity index (χ4v) is 2.44. The van der Waals surface area contributed by atoms with E-state index in [2.05, 4.69) is 36.4 Å². The summed E-state index contributed by atoms with van der Waals surface area (Å²) in [6.45, 7) is 2.36. The van der Waals surface area contributed by atoms with Crippen molar-refractivity contribution in [1.29, 1.82) is 0 Å². The van der Waals surface area contributed by atoms with Crippen molar-refractivity contribution in [3.05, 3.63) is 24.0 Å². The van der Waals surface area contributed by atoms with E-state index in [4.69, 9.17) is 0 Å². The van der Waals surface area contributed by atoms with Crippen LogP contribution in [-0.4, -0.2) is 18.1 Å². The van der Waals surface area contributed by atoms with Gasteiger partial charge in [-0.3, -0.25) is 0 Å². The lowest BCUT2D eigenvalue weighted by Gasteiger charge is -2.22. The van der Waals surface area contributed by atoms with Crippen molar-refractivity contribution < 1.29 is 0 Å². The minimum absolute atomic E-state index is 0.372. The van der Waals surface area contributed by atoms with Gasteiger partial charge >= 0.3 is 0 Å². The number of H-pyrrole nitrogens is 1. The van der Waals surface area contributed by atoms with Crippen LogP contribution in [0.4, 0.5) is 0 Å². The average Bonchev–Trinajstić information content (AvgIpc) is 2.72. The molecular weight excluding hydrogens is 160 g/mol. The van der Waals surface area contributed by atoms with Gasteiger partial charge in [0.05, 0.1) is 0 Å². The molecule has 0 aromatic carbocycles. The Bertz CT molecular complexity index is 266. The normalized spacial score (nSPS) is 33.8. The highest BCUT2D eigenvalue weighted by atomic mass is 14.9. The van der Waals surface area contributed by atoms with Gasteiger partial charge < -0.3 is 10.3 Å². The number of aromatic amines is 1. The molecule has 0 aliphatic heterocycles. The van der Waals surface area contributed by atoms with Crippen LogP contribution in [0.25, 0.3) is 0 Å². The molecule has 13 heavy (non-hydrogen) atoms. The van der Waals surface area contributed by atoms with E-state index >= 15 is 0 Å². The first kappa shape index (κ1) is 8.82. The summed E-state index contributed by atoms with van der Waals surface area (Å²) in [5, 5.41) is 3.37. The third-order valence-corrected chi connectivity index (χ3v) is 3.40. The fourth-order valence-electron chi connectivity index (χ4n) is 2.44. The van der Waals surface area contributed by atoms with Crippen molar-refractivity contribution in [2.24, 2.45) is 0 Å². The second-order valence-corrected chi connectivity index (χ2v) is 4.37. The highest BCUT2D eigenvalue weighted by Crippen LogP contribution is 2.39. The largest absolute Gasteiger partial charge is 0.365 e. The SMILES string of the molecule is CNC1CCC(C)(c2ccc[nH]2)C1. The molecule has 1 aliphatic carbocycles. The molecule has 2 unspecified atom stereocenters. The molecule has 1 aromatic rings. The van der Waals surface area contributed by atoms with Gasteiger partial charge in [0.25, 0.3) is 0 Å². The van der Waals surface area contributed by atoms with Gasteiger partial charge in [-0.15, -0.1) is 0 Å². The summed E-state index contributed by atoms with van der Waals surface area (Å²) in [4.78, 5) is 3.34. The lowest BCUT2D eigenvalue weighted by molar-refractivity contribution is 0.456. The van der Waals surface area contributed by atoms with Crippen LogP contribution in [0.3, 0.4) is 0 Å². The Kier molecular flexibility index (Phi) is 2.16. The monoisotopic (exact) mass is 178 g/mol. The van der Waals surface area contributed by atoms with Gasteiger partial charge in [0.15, 0.2) is 0 Å². The average molecular weight is 178 g/mol. The number of hydrogen-bond acceptors (Lipinski definition) is 1. The Balaban J connectivity index is 2.15. The molecule has 1 saturated carbocycles. The van der Waals surface area contributed by atoms with Gasteiger partial charge in [-0.25, -0.2) is 0 Å². The van der Waals surface area contributed by atoms with Crippen LogP contribution < -0.4 is 5.32 Å². The molecular formula is C11H18N2. The van der Waals surface area contributed by atoms with E-state index < -0.39 is 0 Å². The van der Waals surface area contributed by atoms with Gasteiger partial charge in [0.1, 0.15) is 0 Å². The second-order valence-electron chi connectivity index (χ2n) is 4.37. The fraction of sp³-hybridized carbons (Fsp3) is 0.636. The Hall–Kier alpha value is -0.760. The van der Waals surface area contributed by atoms with E-state index in [0.29, 0.717) is 11.5 Å². The second kappa shape index (κ2) is 3.18. The molecule has 2 rings (SSSR count). The maximum absolute atomic E-state index is 3.37. The van der Waals surface area contributed by atoms with Crippen LogP contribution >= 0.6 is 0 Å². The molecule has 0 amide bonds. The van der Waals surface area contributed by atoms with Crippen LogP contribution in [0, 0.1) is 0 Å². The third kappa shape index (κ3) is 1.51. The Morgan fingerprint density at radius 1 is 1.62 bits per heavy atom. The van der Waals surface area contributed by atoms with Gasteiger partial charge in [0.2, 0.25) is 0 Å². The van der Waals surface area contributed by atoms with Crippen LogP contribution in [0.1, 0.15) is 31.9 Å². The van der Waals surface area contributed by atoms with Crippen molar-refractivity contribution in [1.82, 2.24) is 10.3 Å². The van der Waals surface area contributed by atoms with Crippen molar-refractivity contribution in [2.75, 3.05) is 7.05 Å². The van der Waals surface area contributed by atoms with Crippen LogP contribution in [0.5, 0.6) is 0 Å². The van der Waals surface area contributed by atoms with E-state index in [0.717, 1.165) is 0 Å². The Morgan fingerprint density at radius 2 is 2.46 bits per heavy atom. The molecule has 2 atom stereocenters. The number of rotatable bonds is 2. The van der Waals surface area contributed by atoms with Gasteiger partial charge in [-0.2, -0.15) is 0 Å². The van der Waals surface area contributed by atoms with E-state index in [9.17, 15) is 0 Å². The summed E-state index contributed by atoms with van der Waals surface area (Å²) in [6.07, 6.45) is 5.86. The van der Waals surface area contributed by atoms with Gasteiger partial charge in [-0.1, -0.05) is 6.92 Å². The van der Waals surface area contributed by atoms with E-state index in [1.54, 1.807) is 0 Å². The van der Waals surface area contributed by atoms with Crippen LogP contribution in [0.2, 0.25) is 0 Å². The van der Waals surface area contributed by atoms with E-state index in [1.807, 2.05) is 6.20 Å². The third-order valence-electron chi connectivity index (χ3n) is 3.40. The van der Waals surface area contributed by atoms with E-state index in [1.165, 1.54) is 25.0 Å². The van der Waals surface area contributed by atoms with Crippen molar-refractivity contribution in [2.45, 2.75) is 37.6 Å². The zero-order chi connectivity index (χ0) is 9.31. The smallest absolute Gasteiger partial charge is 0.0207 e. The molecule has 72 valence electrons. The van der Waals surface area contributed by atoms with Gasteiger partial charge in [0, 0.05) is 23.3 Å². The predicted octanol–water partition coefficient (Wildman–Crippen LogP) is 2.04. The maximum Gasteiger partial charge on any atom is 0.0207 e. The molecule has 1 heterocycles. The molecule has 2 heteroatoms. The number of aromatic nitrogens is 1. The highest BCUT2D eigenvalue weighted by molar-refractivity contribution is 5.19. The highest BCUT2D eigenvalue weighted by Gasteiger charge is 2.36. The molecule has 0 radical (unpaired) electrons. The molecule has 1 aliphatic rings. The first-order valence-corrected chi connectivity index (χ1v) is 5.06. The Labute approximate surface area is 79.7 Å². The van der Waals surface area contributed by atoms with Crippen molar-refractivity contribution >= 4 is 0 Å². The van der Waals surface area contributed by atoms with Crippen molar-refractivity contribution in [3.63, 3.8) is 0 Å². The summed E-state index contributed by atoms with van der Waals surface area (Å²) in [7, 11) is 2.06. The van der Waals surface area contributed by atoms with E-state index in [-0.39, 0.29) is 0 Å². The van der Waals surface area contributed by atoms with Crippen LogP contribution in [0.15, 0.2) is 18.3 Å². The predicted molar refractivity (Wildman–Crippen MR) is 54.8 cm³/mol. The van der Waals surface area contributed by atoms with Gasteiger partial charge in [-0.05, 0) is 38.4 Å². The maximum atomic E-state index is 3.37. The molecule has 1 fully saturated rings. The molecule has 0 bridgehead atoms. The number of nitrogens with one attached hydrogen (secondary N) is 2. The first-order chi connectivity index (χ1) is 6.24. The topological polar surface area (TPSA) is 27.8 Å². The number of hydrogen-bond donors (Lipinski definition) is 2. The van der Waals surface area contributed by atoms with Crippen molar-refractivity contribution in [3.8, 4) is 0 Å². The first-order valence-electron chi connectivity index (χ1n) is 5.06. The molecule has 2 N–H and O–H groups in total. The molecule has 0 saturated heterocycles. The molecule has 1 aromatic heterocycles. The zero-order valence-electron chi connectivity index (χ0n) is 8.43. The van der Waals surface area contributed by atoms with Crippen LogP contribution in [-0.2, 0) is 5.41 Å². The summed E-state index contributed by atoms with van der Waals surface area (Å²) in [5.74, 6) is 0. The molecule has 2 nitrogen and oxygen atoms in total. The lowest BCUT2D eigenvalue weighted by Crippen LogP contribution is -2.25. The summed E-state index contributed by atoms with van der Waals surface area (Å²) < 4.78 is 0. The lowest BCUT2D eigenvalue weighted by atomic mass is 9.85. The minimum atomic E-state index is 0.372. The Morgan fingerprint density at radius 3 is 3.00 bits per heavy atom. The quantitative estimate of drug-likeness (QED) is 0.712. The molecule has 0 spiro atoms. The summed E-state index contributed by atoms with van der Waals surface area (Å²) in [6, 6.07) is 5.00.